The topological polar surface area (TPSA) is 30.7 Å². The van der Waals surface area contributed by atoms with E-state index in [0.29, 0.717) is 5.82 Å². The Morgan fingerprint density at radius 2 is 1.79 bits per heavy atom. The van der Waals surface area contributed by atoms with Gasteiger partial charge >= 0.3 is 0 Å². The Balaban J connectivity index is 2.49. The summed E-state index contributed by atoms with van der Waals surface area (Å²) in [5.74, 6) is 1.27. The maximum Gasteiger partial charge on any atom is 0.148 e. The molecule has 0 radical (unpaired) electrons. The molecule has 0 fully saturated rings. The molecule has 0 N–H and O–H groups in total. The van der Waals surface area contributed by atoms with Crippen LogP contribution >= 0.6 is 0 Å². The highest BCUT2D eigenvalue weighted by Crippen LogP contribution is 2.09. The summed E-state index contributed by atoms with van der Waals surface area (Å²) in [6.07, 6.45) is 0. The van der Waals surface area contributed by atoms with Crippen molar-refractivity contribution in [3.8, 4) is 5.69 Å². The van der Waals surface area contributed by atoms with Crippen LogP contribution in [-0.2, 0) is 0 Å². The number of hydrogen-bond acceptors (Lipinski definition) is 2. The average Bonchev–Trinajstić information content (AvgIpc) is 2.47. The molecule has 2 aromatic rings. The van der Waals surface area contributed by atoms with Gasteiger partial charge in [-0.2, -0.15) is 5.10 Å². The van der Waals surface area contributed by atoms with Crippen molar-refractivity contribution < 1.29 is 4.39 Å². The van der Waals surface area contributed by atoms with Crippen LogP contribution in [0.1, 0.15) is 11.6 Å². The van der Waals surface area contributed by atoms with E-state index in [1.165, 1.54) is 12.1 Å². The summed E-state index contributed by atoms with van der Waals surface area (Å²) in [7, 11) is 0. The largest absolute Gasteiger partial charge is 0.218 e. The van der Waals surface area contributed by atoms with E-state index >= 15 is 0 Å². The zero-order valence-electron chi connectivity index (χ0n) is 8.03. The molecule has 0 saturated carbocycles. The van der Waals surface area contributed by atoms with Crippen molar-refractivity contribution in [3.63, 3.8) is 0 Å². The van der Waals surface area contributed by atoms with E-state index in [4.69, 9.17) is 0 Å². The maximum atomic E-state index is 12.7. The van der Waals surface area contributed by atoms with Crippen molar-refractivity contribution in [3.05, 3.63) is 41.7 Å². The van der Waals surface area contributed by atoms with Gasteiger partial charge in [0, 0.05) is 0 Å². The summed E-state index contributed by atoms with van der Waals surface area (Å²) < 4.78 is 14.4. The second kappa shape index (κ2) is 3.21. The fourth-order valence-corrected chi connectivity index (χ4v) is 1.35. The molecule has 0 aliphatic heterocycles. The molecular weight excluding hydrogens is 181 g/mol. The van der Waals surface area contributed by atoms with Crippen molar-refractivity contribution in [2.24, 2.45) is 0 Å². The number of aromatic nitrogens is 3. The van der Waals surface area contributed by atoms with E-state index < -0.39 is 0 Å². The lowest BCUT2D eigenvalue weighted by Gasteiger charge is -2.01. The molecule has 72 valence electrons. The standard InChI is InChI=1S/C10H10FN3/c1-7-12-8(2)14(13-7)10-5-3-9(11)4-6-10/h3-6H,1-2H3. The van der Waals surface area contributed by atoms with Gasteiger partial charge in [0.05, 0.1) is 5.69 Å². The first kappa shape index (κ1) is 8.87. The molecule has 0 aliphatic carbocycles. The summed E-state index contributed by atoms with van der Waals surface area (Å²) in [6.45, 7) is 3.69. The van der Waals surface area contributed by atoms with Crippen LogP contribution < -0.4 is 0 Å². The normalized spacial score (nSPS) is 10.5. The van der Waals surface area contributed by atoms with Gasteiger partial charge in [-0.1, -0.05) is 0 Å². The fourth-order valence-electron chi connectivity index (χ4n) is 1.35. The van der Waals surface area contributed by atoms with Crippen molar-refractivity contribution in [1.29, 1.82) is 0 Å². The second-order valence-corrected chi connectivity index (χ2v) is 3.09. The third-order valence-corrected chi connectivity index (χ3v) is 1.95. The number of rotatable bonds is 1. The predicted molar refractivity (Wildman–Crippen MR) is 50.8 cm³/mol. The van der Waals surface area contributed by atoms with Crippen LogP contribution in [0.25, 0.3) is 5.69 Å². The van der Waals surface area contributed by atoms with Crippen LogP contribution in [0, 0.1) is 19.7 Å². The van der Waals surface area contributed by atoms with Crippen molar-refractivity contribution >= 4 is 0 Å². The third kappa shape index (κ3) is 1.51. The number of halogens is 1. The van der Waals surface area contributed by atoms with E-state index in [2.05, 4.69) is 10.1 Å². The van der Waals surface area contributed by atoms with Gasteiger partial charge in [-0.3, -0.25) is 0 Å². The lowest BCUT2D eigenvalue weighted by atomic mass is 10.3. The van der Waals surface area contributed by atoms with Crippen molar-refractivity contribution in [1.82, 2.24) is 14.8 Å². The minimum atomic E-state index is -0.247. The van der Waals surface area contributed by atoms with E-state index in [0.717, 1.165) is 11.5 Å². The first-order valence-corrected chi connectivity index (χ1v) is 4.33. The van der Waals surface area contributed by atoms with E-state index in [1.807, 2.05) is 13.8 Å². The van der Waals surface area contributed by atoms with Gasteiger partial charge in [0.15, 0.2) is 0 Å². The van der Waals surface area contributed by atoms with Crippen LogP contribution in [0.4, 0.5) is 4.39 Å². The maximum absolute atomic E-state index is 12.7. The Morgan fingerprint density at radius 1 is 1.14 bits per heavy atom. The summed E-state index contributed by atoms with van der Waals surface area (Å²) in [4.78, 5) is 4.17. The molecule has 0 amide bonds. The molecule has 2 rings (SSSR count). The fraction of sp³-hybridized carbons (Fsp3) is 0.200. The minimum Gasteiger partial charge on any atom is -0.218 e. The second-order valence-electron chi connectivity index (χ2n) is 3.09. The molecule has 0 saturated heterocycles. The van der Waals surface area contributed by atoms with Gasteiger partial charge in [-0.25, -0.2) is 14.1 Å². The SMILES string of the molecule is Cc1nc(C)n(-c2ccc(F)cc2)n1. The Bertz CT molecular complexity index is 445. The van der Waals surface area contributed by atoms with Crippen LogP contribution in [0.2, 0.25) is 0 Å². The summed E-state index contributed by atoms with van der Waals surface area (Å²) in [5.41, 5.74) is 0.824. The number of nitrogens with zero attached hydrogens (tertiary/aromatic N) is 3. The summed E-state index contributed by atoms with van der Waals surface area (Å²) >= 11 is 0. The highest BCUT2D eigenvalue weighted by molar-refractivity contribution is 5.31. The first-order valence-electron chi connectivity index (χ1n) is 4.33. The number of benzene rings is 1. The van der Waals surface area contributed by atoms with Crippen molar-refractivity contribution in [2.75, 3.05) is 0 Å². The molecular formula is C10H10FN3. The third-order valence-electron chi connectivity index (χ3n) is 1.95. The van der Waals surface area contributed by atoms with E-state index in [9.17, 15) is 4.39 Å². The lowest BCUT2D eigenvalue weighted by Crippen LogP contribution is -1.98. The molecule has 0 spiro atoms. The summed E-state index contributed by atoms with van der Waals surface area (Å²) in [6, 6.07) is 6.17. The van der Waals surface area contributed by atoms with Gasteiger partial charge < -0.3 is 0 Å². The minimum absolute atomic E-state index is 0.247. The zero-order chi connectivity index (χ0) is 10.1. The van der Waals surface area contributed by atoms with Crippen LogP contribution in [0.3, 0.4) is 0 Å². The quantitative estimate of drug-likeness (QED) is 0.690. The predicted octanol–water partition coefficient (Wildman–Crippen LogP) is 2.02. The molecule has 0 aliphatic rings. The van der Waals surface area contributed by atoms with Crippen LogP contribution in [-0.4, -0.2) is 14.8 Å². The van der Waals surface area contributed by atoms with Crippen molar-refractivity contribution in [2.45, 2.75) is 13.8 Å². The highest BCUT2D eigenvalue weighted by Gasteiger charge is 2.04. The molecule has 0 bridgehead atoms. The van der Waals surface area contributed by atoms with Gasteiger partial charge in [0.1, 0.15) is 17.5 Å². The Morgan fingerprint density at radius 3 is 2.29 bits per heavy atom. The molecule has 1 aromatic carbocycles. The Labute approximate surface area is 81.2 Å². The van der Waals surface area contributed by atoms with Crippen LogP contribution in [0.5, 0.6) is 0 Å². The van der Waals surface area contributed by atoms with Crippen LogP contribution in [0.15, 0.2) is 24.3 Å². The number of hydrogen-bond donors (Lipinski definition) is 0. The molecule has 1 heterocycles. The zero-order valence-corrected chi connectivity index (χ0v) is 8.03. The highest BCUT2D eigenvalue weighted by atomic mass is 19.1. The van der Waals surface area contributed by atoms with Gasteiger partial charge in [0.25, 0.3) is 0 Å². The molecule has 0 atom stereocenters. The van der Waals surface area contributed by atoms with Gasteiger partial charge in [-0.15, -0.1) is 0 Å². The molecule has 1 aromatic heterocycles. The Kier molecular flexibility index (Phi) is 2.04. The smallest absolute Gasteiger partial charge is 0.148 e. The molecule has 3 nitrogen and oxygen atoms in total. The monoisotopic (exact) mass is 191 g/mol. The molecule has 4 heteroatoms. The number of aryl methyl sites for hydroxylation is 2. The molecule has 0 unspecified atom stereocenters. The van der Waals surface area contributed by atoms with E-state index in [-0.39, 0.29) is 5.82 Å². The van der Waals surface area contributed by atoms with E-state index in [1.54, 1.807) is 16.8 Å². The van der Waals surface area contributed by atoms with Gasteiger partial charge in [0.2, 0.25) is 0 Å². The average molecular weight is 191 g/mol. The molecule has 14 heavy (non-hydrogen) atoms. The summed E-state index contributed by atoms with van der Waals surface area (Å²) in [5, 5.41) is 4.19. The Hall–Kier alpha value is -1.71. The van der Waals surface area contributed by atoms with Gasteiger partial charge in [-0.05, 0) is 38.1 Å². The first-order chi connectivity index (χ1) is 6.66. The lowest BCUT2D eigenvalue weighted by molar-refractivity contribution is 0.627.